The summed E-state index contributed by atoms with van der Waals surface area (Å²) in [5, 5.41) is 6.01. The second-order valence-corrected chi connectivity index (χ2v) is 9.08. The molecule has 3 amide bonds. The maximum Gasteiger partial charge on any atom is 0.254 e. The Kier molecular flexibility index (Phi) is 8.26. The molecule has 33 heavy (non-hydrogen) atoms. The standard InChI is InChI=1S/C27H35N3O3/c1-5-20(4)28-26(32)24(29-25(31)22-12-10-18(2)11-13-22)21-14-16-30(17-15-21)27(33)23-9-7-6-8-19(23)3/h6-13,20-21,24H,5,14-17H2,1-4H3,(H,28,32)(H,29,31)/t20-,24+/m1/s1. The van der Waals surface area contributed by atoms with Gasteiger partial charge in [-0.1, -0.05) is 42.8 Å². The molecule has 3 rings (SSSR count). The number of nitrogens with zero attached hydrogens (tertiary/aromatic N) is 1. The molecule has 0 aliphatic carbocycles. The fraction of sp³-hybridized carbons (Fsp3) is 0.444. The molecular weight excluding hydrogens is 414 g/mol. The van der Waals surface area contributed by atoms with E-state index in [4.69, 9.17) is 0 Å². The van der Waals surface area contributed by atoms with Crippen molar-refractivity contribution in [3.8, 4) is 0 Å². The molecule has 1 fully saturated rings. The van der Waals surface area contributed by atoms with Gasteiger partial charge in [-0.25, -0.2) is 0 Å². The van der Waals surface area contributed by atoms with Crippen LogP contribution in [0.5, 0.6) is 0 Å². The number of aryl methyl sites for hydroxylation is 2. The maximum absolute atomic E-state index is 13.1. The van der Waals surface area contributed by atoms with Gasteiger partial charge >= 0.3 is 0 Å². The minimum absolute atomic E-state index is 0.0239. The second-order valence-electron chi connectivity index (χ2n) is 9.08. The molecule has 6 nitrogen and oxygen atoms in total. The first kappa shape index (κ1) is 24.5. The third-order valence-electron chi connectivity index (χ3n) is 6.56. The number of carbonyl (C=O) groups excluding carboxylic acids is 3. The van der Waals surface area contributed by atoms with Crippen LogP contribution < -0.4 is 10.6 Å². The van der Waals surface area contributed by atoms with E-state index in [0.29, 0.717) is 31.5 Å². The van der Waals surface area contributed by atoms with Gasteiger partial charge in [0, 0.05) is 30.3 Å². The summed E-state index contributed by atoms with van der Waals surface area (Å²) in [5.74, 6) is -0.425. The molecule has 2 N–H and O–H groups in total. The van der Waals surface area contributed by atoms with Crippen LogP contribution in [0.1, 0.15) is 65.0 Å². The van der Waals surface area contributed by atoms with Gasteiger partial charge in [0.1, 0.15) is 6.04 Å². The summed E-state index contributed by atoms with van der Waals surface area (Å²) < 4.78 is 0. The number of nitrogens with one attached hydrogen (secondary N) is 2. The van der Waals surface area contributed by atoms with Crippen molar-refractivity contribution in [3.05, 3.63) is 70.8 Å². The molecule has 1 aliphatic rings. The van der Waals surface area contributed by atoms with Crippen LogP contribution in [0.25, 0.3) is 0 Å². The summed E-state index contributed by atoms with van der Waals surface area (Å²) in [5.41, 5.74) is 3.29. The molecule has 2 atom stereocenters. The van der Waals surface area contributed by atoms with Crippen molar-refractivity contribution in [2.45, 2.75) is 59.0 Å². The smallest absolute Gasteiger partial charge is 0.254 e. The first-order chi connectivity index (χ1) is 15.8. The van der Waals surface area contributed by atoms with Crippen LogP contribution in [0.15, 0.2) is 48.5 Å². The predicted molar refractivity (Wildman–Crippen MR) is 130 cm³/mol. The summed E-state index contributed by atoms with van der Waals surface area (Å²) in [6.07, 6.45) is 2.13. The largest absolute Gasteiger partial charge is 0.352 e. The molecule has 0 bridgehead atoms. The molecule has 0 radical (unpaired) electrons. The first-order valence-corrected chi connectivity index (χ1v) is 11.8. The lowest BCUT2D eigenvalue weighted by atomic mass is 9.88. The van der Waals surface area contributed by atoms with E-state index in [2.05, 4.69) is 10.6 Å². The van der Waals surface area contributed by atoms with Crippen LogP contribution in [0, 0.1) is 19.8 Å². The van der Waals surface area contributed by atoms with Crippen LogP contribution in [0.3, 0.4) is 0 Å². The molecule has 1 heterocycles. The predicted octanol–water partition coefficient (Wildman–Crippen LogP) is 3.87. The molecule has 6 heteroatoms. The summed E-state index contributed by atoms with van der Waals surface area (Å²) in [6, 6.07) is 14.3. The average Bonchev–Trinajstić information content (AvgIpc) is 2.82. The van der Waals surface area contributed by atoms with E-state index in [-0.39, 0.29) is 29.7 Å². The van der Waals surface area contributed by atoms with E-state index >= 15 is 0 Å². The Bertz CT molecular complexity index is 978. The number of benzene rings is 2. The zero-order valence-electron chi connectivity index (χ0n) is 20.1. The number of hydrogen-bond acceptors (Lipinski definition) is 3. The number of hydrogen-bond donors (Lipinski definition) is 2. The van der Waals surface area contributed by atoms with Gasteiger partial charge in [0.05, 0.1) is 0 Å². The van der Waals surface area contributed by atoms with Gasteiger partial charge in [-0.05, 0) is 69.7 Å². The number of likely N-dealkylation sites (tertiary alicyclic amines) is 1. The Balaban J connectivity index is 1.71. The number of rotatable bonds is 7. The fourth-order valence-electron chi connectivity index (χ4n) is 4.18. The van der Waals surface area contributed by atoms with Crippen molar-refractivity contribution in [2.75, 3.05) is 13.1 Å². The Morgan fingerprint density at radius 2 is 1.61 bits per heavy atom. The zero-order valence-corrected chi connectivity index (χ0v) is 20.1. The van der Waals surface area contributed by atoms with Gasteiger partial charge in [-0.2, -0.15) is 0 Å². The highest BCUT2D eigenvalue weighted by Gasteiger charge is 2.34. The normalized spacial score (nSPS) is 16.1. The number of carbonyl (C=O) groups is 3. The van der Waals surface area contributed by atoms with E-state index in [1.54, 1.807) is 12.1 Å². The quantitative estimate of drug-likeness (QED) is 0.674. The van der Waals surface area contributed by atoms with Crippen LogP contribution in [-0.4, -0.2) is 47.8 Å². The van der Waals surface area contributed by atoms with E-state index < -0.39 is 6.04 Å². The van der Waals surface area contributed by atoms with Crippen LogP contribution in [0.4, 0.5) is 0 Å². The Labute approximate surface area is 196 Å². The lowest BCUT2D eigenvalue weighted by Gasteiger charge is -2.36. The first-order valence-electron chi connectivity index (χ1n) is 11.8. The van der Waals surface area contributed by atoms with Gasteiger partial charge < -0.3 is 15.5 Å². The maximum atomic E-state index is 13.1. The highest BCUT2D eigenvalue weighted by molar-refractivity contribution is 5.98. The molecule has 0 saturated carbocycles. The summed E-state index contributed by atoms with van der Waals surface area (Å²) in [7, 11) is 0. The lowest BCUT2D eigenvalue weighted by Crippen LogP contribution is -2.55. The number of piperidine rings is 1. The SMILES string of the molecule is CC[C@@H](C)NC(=O)[C@@H](NC(=O)c1ccc(C)cc1)C1CCN(C(=O)c2ccccc2C)CC1. The summed E-state index contributed by atoms with van der Waals surface area (Å²) >= 11 is 0. The Hall–Kier alpha value is -3.15. The third kappa shape index (κ3) is 6.21. The van der Waals surface area contributed by atoms with Gasteiger partial charge in [-0.15, -0.1) is 0 Å². The molecule has 2 aromatic carbocycles. The van der Waals surface area contributed by atoms with Crippen molar-refractivity contribution < 1.29 is 14.4 Å². The van der Waals surface area contributed by atoms with Crippen molar-refractivity contribution in [1.82, 2.24) is 15.5 Å². The van der Waals surface area contributed by atoms with E-state index in [9.17, 15) is 14.4 Å². The molecule has 0 spiro atoms. The van der Waals surface area contributed by atoms with Gasteiger partial charge in [0.25, 0.3) is 11.8 Å². The molecule has 1 aliphatic heterocycles. The zero-order chi connectivity index (χ0) is 24.0. The fourth-order valence-corrected chi connectivity index (χ4v) is 4.18. The molecule has 1 saturated heterocycles. The molecule has 0 aromatic heterocycles. The lowest BCUT2D eigenvalue weighted by molar-refractivity contribution is -0.125. The van der Waals surface area contributed by atoms with Gasteiger partial charge in [-0.3, -0.25) is 14.4 Å². The highest BCUT2D eigenvalue weighted by Crippen LogP contribution is 2.24. The van der Waals surface area contributed by atoms with Crippen LogP contribution in [-0.2, 0) is 4.79 Å². The van der Waals surface area contributed by atoms with Crippen molar-refractivity contribution in [1.29, 1.82) is 0 Å². The van der Waals surface area contributed by atoms with Gasteiger partial charge in [0.15, 0.2) is 0 Å². The minimum Gasteiger partial charge on any atom is -0.352 e. The average molecular weight is 450 g/mol. The Morgan fingerprint density at radius 1 is 0.970 bits per heavy atom. The molecule has 0 unspecified atom stereocenters. The molecule has 2 aromatic rings. The van der Waals surface area contributed by atoms with Crippen molar-refractivity contribution >= 4 is 17.7 Å². The topological polar surface area (TPSA) is 78.5 Å². The summed E-state index contributed by atoms with van der Waals surface area (Å²) in [6.45, 7) is 9.00. The monoisotopic (exact) mass is 449 g/mol. The molecular formula is C27H35N3O3. The minimum atomic E-state index is -0.636. The van der Waals surface area contributed by atoms with Crippen LogP contribution >= 0.6 is 0 Å². The Morgan fingerprint density at radius 3 is 2.21 bits per heavy atom. The highest BCUT2D eigenvalue weighted by atomic mass is 16.2. The molecule has 176 valence electrons. The van der Waals surface area contributed by atoms with Crippen molar-refractivity contribution in [2.24, 2.45) is 5.92 Å². The van der Waals surface area contributed by atoms with E-state index in [1.807, 2.05) is 69.0 Å². The number of amides is 3. The second kappa shape index (κ2) is 11.1. The van der Waals surface area contributed by atoms with Crippen LogP contribution in [0.2, 0.25) is 0 Å². The van der Waals surface area contributed by atoms with Crippen molar-refractivity contribution in [3.63, 3.8) is 0 Å². The summed E-state index contributed by atoms with van der Waals surface area (Å²) in [4.78, 5) is 40.9. The van der Waals surface area contributed by atoms with E-state index in [0.717, 1.165) is 23.1 Å². The third-order valence-corrected chi connectivity index (χ3v) is 6.56. The van der Waals surface area contributed by atoms with E-state index in [1.165, 1.54) is 0 Å². The van der Waals surface area contributed by atoms with Gasteiger partial charge in [0.2, 0.25) is 5.91 Å².